The van der Waals surface area contributed by atoms with Gasteiger partial charge in [0.1, 0.15) is 5.76 Å². The Hall–Kier alpha value is -3.32. The predicted molar refractivity (Wildman–Crippen MR) is 108 cm³/mol. The fourth-order valence-corrected chi connectivity index (χ4v) is 3.30. The normalized spacial score (nSPS) is 11.7. The lowest BCUT2D eigenvalue weighted by Crippen LogP contribution is -2.12. The van der Waals surface area contributed by atoms with Crippen molar-refractivity contribution in [2.75, 3.05) is 7.11 Å². The van der Waals surface area contributed by atoms with E-state index < -0.39 is 11.7 Å². The second kappa shape index (κ2) is 8.20. The molecule has 0 aliphatic carbocycles. The molecule has 2 heterocycles. The van der Waals surface area contributed by atoms with Crippen molar-refractivity contribution in [2.24, 2.45) is 0 Å². The second-order valence-corrected chi connectivity index (χ2v) is 6.82. The lowest BCUT2D eigenvalue weighted by atomic mass is 10.1. The first-order chi connectivity index (χ1) is 14.5. The summed E-state index contributed by atoms with van der Waals surface area (Å²) in [4.78, 5) is 4.09. The van der Waals surface area contributed by atoms with E-state index >= 15 is 0 Å². The molecular weight excluding hydrogens is 393 g/mol. The van der Waals surface area contributed by atoms with Crippen LogP contribution in [0.25, 0.3) is 22.3 Å². The Labute approximate surface area is 171 Å². The van der Waals surface area contributed by atoms with Gasteiger partial charge in [0.2, 0.25) is 0 Å². The van der Waals surface area contributed by atoms with E-state index in [0.29, 0.717) is 35.7 Å². The highest BCUT2D eigenvalue weighted by atomic mass is 19.4. The zero-order valence-electron chi connectivity index (χ0n) is 16.2. The van der Waals surface area contributed by atoms with Crippen molar-refractivity contribution in [2.45, 2.75) is 19.3 Å². The van der Waals surface area contributed by atoms with Gasteiger partial charge in [-0.3, -0.25) is 4.98 Å². The summed E-state index contributed by atoms with van der Waals surface area (Å²) >= 11 is 0. The number of aromatic nitrogens is 1. The molecule has 4 rings (SSSR count). The summed E-state index contributed by atoms with van der Waals surface area (Å²) in [5.74, 6) is 0.883. The Bertz CT molecular complexity index is 1150. The molecule has 7 heteroatoms. The molecule has 0 saturated carbocycles. The topological polar surface area (TPSA) is 47.3 Å². The van der Waals surface area contributed by atoms with E-state index in [9.17, 15) is 13.2 Å². The summed E-state index contributed by atoms with van der Waals surface area (Å²) in [5.41, 5.74) is 2.16. The van der Waals surface area contributed by atoms with Crippen molar-refractivity contribution in [1.29, 1.82) is 0 Å². The quantitative estimate of drug-likeness (QED) is 0.434. The smallest absolute Gasteiger partial charge is 0.416 e. The van der Waals surface area contributed by atoms with Crippen molar-refractivity contribution < 1.29 is 22.3 Å². The standard InChI is InChI=1S/C23H19F3N2O2/c1-29-20-8-7-17(14-28-13-15-4-3-9-27-12-15)19-11-21(30-22(19)20)16-5-2-6-18(10-16)23(24,25)26/h2-12,28H,13-14H2,1H3. The van der Waals surface area contributed by atoms with E-state index in [0.717, 1.165) is 28.6 Å². The molecule has 1 N–H and O–H groups in total. The lowest BCUT2D eigenvalue weighted by molar-refractivity contribution is -0.137. The monoisotopic (exact) mass is 412 g/mol. The van der Waals surface area contributed by atoms with Crippen molar-refractivity contribution in [3.8, 4) is 17.1 Å². The van der Waals surface area contributed by atoms with Crippen molar-refractivity contribution in [3.63, 3.8) is 0 Å². The minimum absolute atomic E-state index is 0.356. The number of rotatable bonds is 6. The van der Waals surface area contributed by atoms with Gasteiger partial charge in [-0.05, 0) is 41.5 Å². The maximum atomic E-state index is 13.1. The van der Waals surface area contributed by atoms with Crippen LogP contribution >= 0.6 is 0 Å². The number of nitrogens with zero attached hydrogens (tertiary/aromatic N) is 1. The maximum Gasteiger partial charge on any atom is 0.416 e. The van der Waals surface area contributed by atoms with Crippen molar-refractivity contribution in [1.82, 2.24) is 10.3 Å². The first-order valence-corrected chi connectivity index (χ1v) is 9.32. The van der Waals surface area contributed by atoms with Crippen LogP contribution in [0, 0.1) is 0 Å². The molecule has 4 nitrogen and oxygen atoms in total. The largest absolute Gasteiger partial charge is 0.493 e. The third-order valence-corrected chi connectivity index (χ3v) is 4.80. The van der Waals surface area contributed by atoms with E-state index in [4.69, 9.17) is 9.15 Å². The van der Waals surface area contributed by atoms with Crippen LogP contribution in [0.1, 0.15) is 16.7 Å². The number of benzene rings is 2. The number of halogens is 3. The molecule has 30 heavy (non-hydrogen) atoms. The number of nitrogens with one attached hydrogen (secondary N) is 1. The molecule has 4 aromatic rings. The molecule has 0 unspecified atom stereocenters. The molecule has 0 radical (unpaired) electrons. The molecule has 2 aromatic carbocycles. The van der Waals surface area contributed by atoms with Gasteiger partial charge in [0.05, 0.1) is 12.7 Å². The lowest BCUT2D eigenvalue weighted by Gasteiger charge is -2.08. The van der Waals surface area contributed by atoms with E-state index in [1.54, 1.807) is 30.6 Å². The summed E-state index contributed by atoms with van der Waals surface area (Å²) in [5, 5.41) is 4.15. The number of furan rings is 1. The molecule has 0 bridgehead atoms. The van der Waals surface area contributed by atoms with Crippen LogP contribution < -0.4 is 10.1 Å². The number of hydrogen-bond acceptors (Lipinski definition) is 4. The van der Waals surface area contributed by atoms with E-state index in [1.807, 2.05) is 18.2 Å². The van der Waals surface area contributed by atoms with Crippen LogP contribution in [0.15, 0.2) is 71.4 Å². The molecule has 154 valence electrons. The Morgan fingerprint density at radius 3 is 2.63 bits per heavy atom. The number of ether oxygens (including phenoxy) is 1. The Kier molecular flexibility index (Phi) is 5.46. The molecule has 0 atom stereocenters. The molecule has 0 aliphatic heterocycles. The maximum absolute atomic E-state index is 13.1. The van der Waals surface area contributed by atoms with Crippen LogP contribution in [-0.4, -0.2) is 12.1 Å². The van der Waals surface area contributed by atoms with Crippen molar-refractivity contribution >= 4 is 11.0 Å². The molecule has 0 aliphatic rings. The Morgan fingerprint density at radius 2 is 1.90 bits per heavy atom. The number of methoxy groups -OCH3 is 1. The molecule has 2 aromatic heterocycles. The SMILES string of the molecule is COc1ccc(CNCc2cccnc2)c2cc(-c3cccc(C(F)(F)F)c3)oc12. The summed E-state index contributed by atoms with van der Waals surface area (Å²) in [6.45, 7) is 1.19. The summed E-state index contributed by atoms with van der Waals surface area (Å²) in [6.07, 6.45) is -0.904. The molecule has 0 spiro atoms. The van der Waals surface area contributed by atoms with Gasteiger partial charge in [0.25, 0.3) is 0 Å². The summed E-state index contributed by atoms with van der Waals surface area (Å²) in [7, 11) is 1.53. The van der Waals surface area contributed by atoms with Gasteiger partial charge in [-0.2, -0.15) is 13.2 Å². The minimum Gasteiger partial charge on any atom is -0.493 e. The summed E-state index contributed by atoms with van der Waals surface area (Å²) in [6, 6.07) is 14.4. The molecule has 0 fully saturated rings. The summed E-state index contributed by atoms with van der Waals surface area (Å²) < 4.78 is 50.6. The highest BCUT2D eigenvalue weighted by molar-refractivity contribution is 5.90. The van der Waals surface area contributed by atoms with Gasteiger partial charge in [-0.25, -0.2) is 0 Å². The number of pyridine rings is 1. The third kappa shape index (κ3) is 4.16. The zero-order valence-corrected chi connectivity index (χ0v) is 16.2. The first kappa shape index (κ1) is 20.0. The van der Waals surface area contributed by atoms with Gasteiger partial charge >= 0.3 is 6.18 Å². The average molecular weight is 412 g/mol. The third-order valence-electron chi connectivity index (χ3n) is 4.80. The second-order valence-electron chi connectivity index (χ2n) is 6.82. The van der Waals surface area contributed by atoms with Gasteiger partial charge in [-0.15, -0.1) is 0 Å². The van der Waals surface area contributed by atoms with Crippen LogP contribution in [0.5, 0.6) is 5.75 Å². The number of alkyl halides is 3. The predicted octanol–water partition coefficient (Wildman–Crippen LogP) is 5.81. The van der Waals surface area contributed by atoms with Crippen LogP contribution in [0.3, 0.4) is 0 Å². The van der Waals surface area contributed by atoms with Gasteiger partial charge in [0.15, 0.2) is 11.3 Å². The van der Waals surface area contributed by atoms with Gasteiger partial charge in [0, 0.05) is 36.4 Å². The molecular formula is C23H19F3N2O2. The fourth-order valence-electron chi connectivity index (χ4n) is 3.30. The zero-order chi connectivity index (χ0) is 21.1. The highest BCUT2D eigenvalue weighted by Crippen LogP contribution is 2.37. The van der Waals surface area contributed by atoms with E-state index in [2.05, 4.69) is 10.3 Å². The van der Waals surface area contributed by atoms with E-state index in [-0.39, 0.29) is 0 Å². The van der Waals surface area contributed by atoms with Crippen LogP contribution in [-0.2, 0) is 19.3 Å². The Morgan fingerprint density at radius 1 is 1.03 bits per heavy atom. The molecule has 0 amide bonds. The first-order valence-electron chi connectivity index (χ1n) is 9.32. The van der Waals surface area contributed by atoms with Crippen LogP contribution in [0.2, 0.25) is 0 Å². The van der Waals surface area contributed by atoms with Crippen LogP contribution in [0.4, 0.5) is 13.2 Å². The van der Waals surface area contributed by atoms with Gasteiger partial charge < -0.3 is 14.5 Å². The minimum atomic E-state index is -4.42. The molecule has 0 saturated heterocycles. The Balaban J connectivity index is 1.66. The van der Waals surface area contributed by atoms with Gasteiger partial charge in [-0.1, -0.05) is 24.3 Å². The highest BCUT2D eigenvalue weighted by Gasteiger charge is 2.30. The number of fused-ring (bicyclic) bond motifs is 1. The fraction of sp³-hybridized carbons (Fsp3) is 0.174. The van der Waals surface area contributed by atoms with E-state index in [1.165, 1.54) is 13.2 Å². The average Bonchev–Trinajstić information content (AvgIpc) is 3.20. The van der Waals surface area contributed by atoms with Crippen molar-refractivity contribution in [3.05, 3.63) is 83.7 Å². The number of hydrogen-bond donors (Lipinski definition) is 1.